The lowest BCUT2D eigenvalue weighted by molar-refractivity contribution is -0.140. The number of benzene rings is 1. The Hall–Kier alpha value is -2.34. The van der Waals surface area contributed by atoms with Crippen LogP contribution in [0.4, 0.5) is 0 Å². The lowest BCUT2D eigenvalue weighted by Crippen LogP contribution is -2.53. The van der Waals surface area contributed by atoms with E-state index in [4.69, 9.17) is 16.3 Å². The lowest BCUT2D eigenvalue weighted by atomic mass is 10.0. The molecular formula is C17H18ClN3O3. The molecule has 0 saturated carbocycles. The molecule has 1 aliphatic rings. The number of likely N-dealkylation sites (tertiary alicyclic amines) is 1. The third kappa shape index (κ3) is 3.94. The van der Waals surface area contributed by atoms with Gasteiger partial charge in [0.05, 0.1) is 12.2 Å². The van der Waals surface area contributed by atoms with Crippen LogP contribution in [0.25, 0.3) is 0 Å². The number of aryl methyl sites for hydroxylation is 1. The summed E-state index contributed by atoms with van der Waals surface area (Å²) in [6.45, 7) is 3.61. The van der Waals surface area contributed by atoms with Gasteiger partial charge in [0.25, 0.3) is 11.5 Å². The molecule has 3 rings (SSSR count). The number of hydrogen-bond acceptors (Lipinski definition) is 4. The summed E-state index contributed by atoms with van der Waals surface area (Å²) in [5.74, 6) is 0.794. The molecule has 0 radical (unpaired) electrons. The number of amides is 1. The Labute approximate surface area is 144 Å². The Bertz CT molecular complexity index is 782. The number of aromatic nitrogens is 2. The summed E-state index contributed by atoms with van der Waals surface area (Å²) in [5.41, 5.74) is 0.690. The number of ether oxygens (including phenoxy) is 1. The summed E-state index contributed by atoms with van der Waals surface area (Å²) in [6, 6.07) is 10.1. The normalized spacial score (nSPS) is 14.3. The molecule has 2 heterocycles. The Kier molecular flexibility index (Phi) is 4.85. The van der Waals surface area contributed by atoms with Gasteiger partial charge in [0, 0.05) is 30.1 Å². The maximum absolute atomic E-state index is 12.1. The molecule has 0 atom stereocenters. The first-order valence-corrected chi connectivity index (χ1v) is 8.10. The molecular weight excluding hydrogens is 330 g/mol. The van der Waals surface area contributed by atoms with Crippen molar-refractivity contribution in [3.05, 3.63) is 57.5 Å². The Balaban J connectivity index is 1.45. The number of halogens is 1. The molecule has 1 fully saturated rings. The minimum absolute atomic E-state index is 0.00298. The zero-order valence-corrected chi connectivity index (χ0v) is 14.1. The van der Waals surface area contributed by atoms with Crippen molar-refractivity contribution in [1.29, 1.82) is 0 Å². The predicted molar refractivity (Wildman–Crippen MR) is 90.3 cm³/mol. The summed E-state index contributed by atoms with van der Waals surface area (Å²) < 4.78 is 6.91. The Morgan fingerprint density at radius 1 is 1.25 bits per heavy atom. The molecule has 0 unspecified atom stereocenters. The van der Waals surface area contributed by atoms with Crippen LogP contribution in [0.1, 0.15) is 5.69 Å². The van der Waals surface area contributed by atoms with Crippen molar-refractivity contribution in [3.8, 4) is 5.75 Å². The summed E-state index contributed by atoms with van der Waals surface area (Å²) in [4.78, 5) is 25.5. The molecule has 126 valence electrons. The molecule has 7 heteroatoms. The van der Waals surface area contributed by atoms with E-state index >= 15 is 0 Å². The average molecular weight is 348 g/mol. The largest absolute Gasteiger partial charge is 0.484 e. The Morgan fingerprint density at radius 3 is 2.67 bits per heavy atom. The smallest absolute Gasteiger partial charge is 0.266 e. The fraction of sp³-hybridized carbons (Fsp3) is 0.353. The van der Waals surface area contributed by atoms with Crippen LogP contribution in [0.2, 0.25) is 5.02 Å². The van der Waals surface area contributed by atoms with Crippen molar-refractivity contribution in [3.63, 3.8) is 0 Å². The minimum Gasteiger partial charge on any atom is -0.484 e. The predicted octanol–water partition coefficient (Wildman–Crippen LogP) is 1.74. The monoisotopic (exact) mass is 347 g/mol. The third-order valence-corrected chi connectivity index (χ3v) is 4.17. The van der Waals surface area contributed by atoms with E-state index in [1.165, 1.54) is 10.7 Å². The summed E-state index contributed by atoms with van der Waals surface area (Å²) in [7, 11) is 0. The Morgan fingerprint density at radius 2 is 1.96 bits per heavy atom. The summed E-state index contributed by atoms with van der Waals surface area (Å²) in [5, 5.41) is 4.84. The van der Waals surface area contributed by atoms with Crippen LogP contribution in [0.5, 0.6) is 5.75 Å². The molecule has 1 saturated heterocycles. The van der Waals surface area contributed by atoms with E-state index in [1.54, 1.807) is 35.2 Å². The number of rotatable bonds is 5. The molecule has 0 N–H and O–H groups in total. The highest BCUT2D eigenvalue weighted by Crippen LogP contribution is 2.18. The quantitative estimate of drug-likeness (QED) is 0.826. The van der Waals surface area contributed by atoms with Gasteiger partial charge >= 0.3 is 0 Å². The SMILES string of the molecule is Cc1ccc(=O)n(CC2CN(C(=O)COc3ccc(Cl)cc3)C2)n1. The van der Waals surface area contributed by atoms with Crippen LogP contribution < -0.4 is 10.3 Å². The second-order valence-electron chi connectivity index (χ2n) is 5.90. The van der Waals surface area contributed by atoms with Gasteiger partial charge in [-0.05, 0) is 37.3 Å². The second-order valence-corrected chi connectivity index (χ2v) is 6.34. The van der Waals surface area contributed by atoms with Crippen LogP contribution in [0.3, 0.4) is 0 Å². The fourth-order valence-corrected chi connectivity index (χ4v) is 2.71. The maximum atomic E-state index is 12.1. The van der Waals surface area contributed by atoms with Gasteiger partial charge in [0.15, 0.2) is 6.61 Å². The van der Waals surface area contributed by atoms with E-state index in [-0.39, 0.29) is 24.0 Å². The molecule has 2 aromatic rings. The van der Waals surface area contributed by atoms with Crippen LogP contribution >= 0.6 is 11.6 Å². The highest BCUT2D eigenvalue weighted by molar-refractivity contribution is 6.30. The van der Waals surface area contributed by atoms with Gasteiger partial charge < -0.3 is 9.64 Å². The van der Waals surface area contributed by atoms with Crippen LogP contribution in [-0.4, -0.2) is 40.3 Å². The molecule has 1 amide bonds. The highest BCUT2D eigenvalue weighted by Gasteiger charge is 2.31. The zero-order valence-electron chi connectivity index (χ0n) is 13.3. The average Bonchev–Trinajstić information content (AvgIpc) is 2.52. The molecule has 0 bridgehead atoms. The van der Waals surface area contributed by atoms with Gasteiger partial charge in [-0.1, -0.05) is 11.6 Å². The van der Waals surface area contributed by atoms with Crippen molar-refractivity contribution in [2.75, 3.05) is 19.7 Å². The van der Waals surface area contributed by atoms with E-state index in [1.807, 2.05) is 6.92 Å². The molecule has 1 aliphatic heterocycles. The van der Waals surface area contributed by atoms with Crippen molar-refractivity contribution >= 4 is 17.5 Å². The maximum Gasteiger partial charge on any atom is 0.266 e. The van der Waals surface area contributed by atoms with Crippen molar-refractivity contribution in [2.45, 2.75) is 13.5 Å². The van der Waals surface area contributed by atoms with E-state index in [0.717, 1.165) is 5.69 Å². The number of nitrogens with zero attached hydrogens (tertiary/aromatic N) is 3. The van der Waals surface area contributed by atoms with Crippen molar-refractivity contribution in [1.82, 2.24) is 14.7 Å². The standard InChI is InChI=1S/C17H18ClN3O3/c1-12-2-7-16(22)21(19-12)10-13-8-20(9-13)17(23)11-24-15-5-3-14(18)4-6-15/h2-7,13H,8-11H2,1H3. The van der Waals surface area contributed by atoms with Gasteiger partial charge in [-0.2, -0.15) is 5.10 Å². The zero-order chi connectivity index (χ0) is 17.1. The first kappa shape index (κ1) is 16.5. The highest BCUT2D eigenvalue weighted by atomic mass is 35.5. The minimum atomic E-state index is -0.114. The number of carbonyl (C=O) groups excluding carboxylic acids is 1. The van der Waals surface area contributed by atoms with E-state index in [0.29, 0.717) is 30.4 Å². The van der Waals surface area contributed by atoms with Gasteiger partial charge in [-0.3, -0.25) is 9.59 Å². The number of carbonyl (C=O) groups is 1. The van der Waals surface area contributed by atoms with E-state index < -0.39 is 0 Å². The van der Waals surface area contributed by atoms with Gasteiger partial charge in [-0.25, -0.2) is 4.68 Å². The third-order valence-electron chi connectivity index (χ3n) is 3.92. The second kappa shape index (κ2) is 7.05. The summed E-state index contributed by atoms with van der Waals surface area (Å²) in [6.07, 6.45) is 0. The van der Waals surface area contributed by atoms with Crippen LogP contribution in [-0.2, 0) is 11.3 Å². The summed E-state index contributed by atoms with van der Waals surface area (Å²) >= 11 is 5.80. The van der Waals surface area contributed by atoms with Crippen molar-refractivity contribution < 1.29 is 9.53 Å². The van der Waals surface area contributed by atoms with Gasteiger partial charge in [0.1, 0.15) is 5.75 Å². The van der Waals surface area contributed by atoms with Crippen LogP contribution in [0.15, 0.2) is 41.2 Å². The molecule has 1 aromatic heterocycles. The first-order chi connectivity index (χ1) is 11.5. The fourth-order valence-electron chi connectivity index (χ4n) is 2.58. The van der Waals surface area contributed by atoms with Gasteiger partial charge in [0.2, 0.25) is 0 Å². The van der Waals surface area contributed by atoms with Gasteiger partial charge in [-0.15, -0.1) is 0 Å². The molecule has 0 spiro atoms. The number of hydrogen-bond donors (Lipinski definition) is 0. The first-order valence-electron chi connectivity index (χ1n) is 7.72. The molecule has 0 aliphatic carbocycles. The molecule has 24 heavy (non-hydrogen) atoms. The van der Waals surface area contributed by atoms with E-state index in [9.17, 15) is 9.59 Å². The topological polar surface area (TPSA) is 64.4 Å². The van der Waals surface area contributed by atoms with Crippen molar-refractivity contribution in [2.24, 2.45) is 5.92 Å². The molecule has 6 nitrogen and oxygen atoms in total. The van der Waals surface area contributed by atoms with E-state index in [2.05, 4.69) is 5.10 Å². The van der Waals surface area contributed by atoms with Crippen LogP contribution in [0, 0.1) is 12.8 Å². The lowest BCUT2D eigenvalue weighted by Gasteiger charge is -2.39. The molecule has 1 aromatic carbocycles.